The van der Waals surface area contributed by atoms with Gasteiger partial charge in [0, 0.05) is 10.4 Å². The number of aryl methyl sites for hydroxylation is 2. The maximum absolute atomic E-state index is 13.6. The molecule has 0 atom stereocenters. The van der Waals surface area contributed by atoms with Crippen molar-refractivity contribution in [3.05, 3.63) is 39.9 Å². The van der Waals surface area contributed by atoms with Gasteiger partial charge in [0.1, 0.15) is 5.69 Å². The van der Waals surface area contributed by atoms with E-state index in [1.54, 1.807) is 0 Å². The standard InChI is InChI=1S/C13H12F2N4OS/c14-7-4-6(5-8(15)11(7)19-16)12(20)18-13-17-9-2-1-3-10(9)21-13/h4-5,19H,1-3,16H2,(H,17,18,20). The molecule has 0 bridgehead atoms. The molecule has 0 fully saturated rings. The van der Waals surface area contributed by atoms with Gasteiger partial charge in [0.05, 0.1) is 5.69 Å². The van der Waals surface area contributed by atoms with Crippen LogP contribution in [-0.4, -0.2) is 10.9 Å². The van der Waals surface area contributed by atoms with Crippen LogP contribution in [0.1, 0.15) is 27.3 Å². The number of nitrogen functional groups attached to an aromatic ring is 1. The largest absolute Gasteiger partial charge is 0.319 e. The topological polar surface area (TPSA) is 80.0 Å². The van der Waals surface area contributed by atoms with Gasteiger partial charge in [0.15, 0.2) is 16.8 Å². The lowest BCUT2D eigenvalue weighted by Crippen LogP contribution is -2.15. The third-order valence-electron chi connectivity index (χ3n) is 3.26. The molecule has 4 N–H and O–H groups in total. The Balaban J connectivity index is 1.81. The molecule has 0 unspecified atom stereocenters. The number of nitrogens with one attached hydrogen (secondary N) is 2. The van der Waals surface area contributed by atoms with Crippen molar-refractivity contribution in [3.8, 4) is 0 Å². The summed E-state index contributed by atoms with van der Waals surface area (Å²) in [6.07, 6.45) is 2.94. The Morgan fingerprint density at radius 3 is 2.62 bits per heavy atom. The van der Waals surface area contributed by atoms with Crippen LogP contribution < -0.4 is 16.6 Å². The zero-order valence-corrected chi connectivity index (χ0v) is 11.7. The molecular formula is C13H12F2N4OS. The minimum Gasteiger partial charge on any atom is -0.319 e. The van der Waals surface area contributed by atoms with E-state index in [1.807, 2.05) is 5.43 Å². The molecule has 8 heteroatoms. The number of halogens is 2. The number of nitrogens with zero attached hydrogens (tertiary/aromatic N) is 1. The number of carbonyl (C=O) groups is 1. The molecule has 1 heterocycles. The lowest BCUT2D eigenvalue weighted by atomic mass is 10.1. The number of fused-ring (bicyclic) bond motifs is 1. The zero-order valence-electron chi connectivity index (χ0n) is 10.9. The van der Waals surface area contributed by atoms with Gasteiger partial charge < -0.3 is 5.43 Å². The van der Waals surface area contributed by atoms with E-state index in [2.05, 4.69) is 10.3 Å². The molecule has 1 aliphatic rings. The van der Waals surface area contributed by atoms with Crippen LogP contribution in [-0.2, 0) is 12.8 Å². The number of aromatic nitrogens is 1. The van der Waals surface area contributed by atoms with E-state index in [0.29, 0.717) is 5.13 Å². The summed E-state index contributed by atoms with van der Waals surface area (Å²) in [4.78, 5) is 17.5. The number of nitrogens with two attached hydrogens (primary N) is 1. The Morgan fingerprint density at radius 2 is 2.00 bits per heavy atom. The van der Waals surface area contributed by atoms with Crippen molar-refractivity contribution >= 4 is 28.1 Å². The second kappa shape index (κ2) is 5.38. The van der Waals surface area contributed by atoms with Crippen LogP contribution in [0.15, 0.2) is 12.1 Å². The monoisotopic (exact) mass is 310 g/mol. The molecule has 110 valence electrons. The fourth-order valence-corrected chi connectivity index (χ4v) is 3.30. The Morgan fingerprint density at radius 1 is 1.29 bits per heavy atom. The van der Waals surface area contributed by atoms with E-state index in [9.17, 15) is 13.6 Å². The zero-order chi connectivity index (χ0) is 15.0. The quantitative estimate of drug-likeness (QED) is 0.601. The number of hydrogen-bond acceptors (Lipinski definition) is 5. The highest BCUT2D eigenvalue weighted by Crippen LogP contribution is 2.30. The number of anilines is 2. The molecule has 1 aromatic carbocycles. The average molecular weight is 310 g/mol. The SMILES string of the molecule is NNc1c(F)cc(C(=O)Nc2nc3c(s2)CCC3)cc1F. The highest BCUT2D eigenvalue weighted by molar-refractivity contribution is 7.15. The summed E-state index contributed by atoms with van der Waals surface area (Å²) in [5.74, 6) is 2.54. The molecule has 1 amide bonds. The summed E-state index contributed by atoms with van der Waals surface area (Å²) >= 11 is 1.40. The summed E-state index contributed by atoms with van der Waals surface area (Å²) in [6, 6.07) is 1.85. The van der Waals surface area contributed by atoms with Crippen molar-refractivity contribution in [2.75, 3.05) is 10.7 Å². The minimum absolute atomic E-state index is 0.126. The molecule has 21 heavy (non-hydrogen) atoms. The first-order valence-electron chi connectivity index (χ1n) is 6.34. The van der Waals surface area contributed by atoms with Crippen LogP contribution in [0.4, 0.5) is 19.6 Å². The first kappa shape index (κ1) is 13.9. The summed E-state index contributed by atoms with van der Waals surface area (Å²) in [7, 11) is 0. The van der Waals surface area contributed by atoms with Crippen molar-refractivity contribution in [2.24, 2.45) is 5.84 Å². The Labute approximate surface area is 123 Å². The Bertz CT molecular complexity index is 672. The number of hydrazine groups is 1. The lowest BCUT2D eigenvalue weighted by molar-refractivity contribution is 0.102. The fraction of sp³-hybridized carbons (Fsp3) is 0.231. The second-order valence-corrected chi connectivity index (χ2v) is 5.74. The lowest BCUT2D eigenvalue weighted by Gasteiger charge is -2.07. The third kappa shape index (κ3) is 2.59. The van der Waals surface area contributed by atoms with Gasteiger partial charge in [-0.15, -0.1) is 11.3 Å². The van der Waals surface area contributed by atoms with Gasteiger partial charge in [-0.1, -0.05) is 0 Å². The predicted molar refractivity (Wildman–Crippen MR) is 76.3 cm³/mol. The molecule has 0 spiro atoms. The molecule has 0 radical (unpaired) electrons. The highest BCUT2D eigenvalue weighted by atomic mass is 32.1. The van der Waals surface area contributed by atoms with Gasteiger partial charge in [0.25, 0.3) is 5.91 Å². The first-order valence-corrected chi connectivity index (χ1v) is 7.15. The molecular weight excluding hydrogens is 298 g/mol. The van der Waals surface area contributed by atoms with Crippen LogP contribution >= 0.6 is 11.3 Å². The summed E-state index contributed by atoms with van der Waals surface area (Å²) in [5, 5.41) is 3.01. The van der Waals surface area contributed by atoms with Gasteiger partial charge in [-0.2, -0.15) is 0 Å². The van der Waals surface area contributed by atoms with Gasteiger partial charge >= 0.3 is 0 Å². The number of rotatable bonds is 3. The molecule has 3 rings (SSSR count). The molecule has 0 saturated carbocycles. The number of amides is 1. The molecule has 0 saturated heterocycles. The maximum Gasteiger partial charge on any atom is 0.257 e. The third-order valence-corrected chi connectivity index (χ3v) is 4.34. The van der Waals surface area contributed by atoms with E-state index in [1.165, 1.54) is 11.3 Å². The van der Waals surface area contributed by atoms with Crippen LogP contribution in [0.2, 0.25) is 0 Å². The Kier molecular flexibility index (Phi) is 3.56. The van der Waals surface area contributed by atoms with Crippen molar-refractivity contribution in [3.63, 3.8) is 0 Å². The highest BCUT2D eigenvalue weighted by Gasteiger charge is 2.19. The van der Waals surface area contributed by atoms with Crippen molar-refractivity contribution < 1.29 is 13.6 Å². The van der Waals surface area contributed by atoms with Gasteiger partial charge in [-0.3, -0.25) is 16.0 Å². The van der Waals surface area contributed by atoms with Gasteiger partial charge in [-0.25, -0.2) is 13.8 Å². The number of thiazole rings is 1. The summed E-state index contributed by atoms with van der Waals surface area (Å²) in [5.41, 5.74) is 2.31. The normalized spacial score (nSPS) is 13.1. The molecule has 2 aromatic rings. The first-order chi connectivity index (χ1) is 10.1. The molecule has 5 nitrogen and oxygen atoms in total. The van der Waals surface area contributed by atoms with E-state index in [4.69, 9.17) is 5.84 Å². The van der Waals surface area contributed by atoms with Crippen LogP contribution in [0, 0.1) is 11.6 Å². The summed E-state index contributed by atoms with van der Waals surface area (Å²) < 4.78 is 27.1. The van der Waals surface area contributed by atoms with Crippen LogP contribution in [0.25, 0.3) is 0 Å². The fourth-order valence-electron chi connectivity index (χ4n) is 2.26. The smallest absolute Gasteiger partial charge is 0.257 e. The second-order valence-electron chi connectivity index (χ2n) is 4.66. The number of carbonyl (C=O) groups excluding carboxylic acids is 1. The molecule has 1 aromatic heterocycles. The number of hydrogen-bond donors (Lipinski definition) is 3. The molecule has 0 aliphatic heterocycles. The van der Waals surface area contributed by atoms with E-state index < -0.39 is 23.2 Å². The summed E-state index contributed by atoms with van der Waals surface area (Å²) in [6.45, 7) is 0. The van der Waals surface area contributed by atoms with Crippen molar-refractivity contribution in [1.29, 1.82) is 0 Å². The van der Waals surface area contributed by atoms with Gasteiger partial charge in [0.2, 0.25) is 0 Å². The van der Waals surface area contributed by atoms with Gasteiger partial charge in [-0.05, 0) is 31.4 Å². The Hall–Kier alpha value is -2.06. The van der Waals surface area contributed by atoms with E-state index in [-0.39, 0.29) is 5.56 Å². The van der Waals surface area contributed by atoms with Crippen LogP contribution in [0.3, 0.4) is 0 Å². The number of benzene rings is 1. The van der Waals surface area contributed by atoms with Crippen molar-refractivity contribution in [2.45, 2.75) is 19.3 Å². The van der Waals surface area contributed by atoms with E-state index in [0.717, 1.165) is 42.0 Å². The minimum atomic E-state index is -0.927. The molecule has 1 aliphatic carbocycles. The average Bonchev–Trinajstić information content (AvgIpc) is 2.99. The van der Waals surface area contributed by atoms with Crippen LogP contribution in [0.5, 0.6) is 0 Å². The maximum atomic E-state index is 13.6. The van der Waals surface area contributed by atoms with E-state index >= 15 is 0 Å². The predicted octanol–water partition coefficient (Wildman–Crippen LogP) is 2.45. The van der Waals surface area contributed by atoms with Crippen molar-refractivity contribution in [1.82, 2.24) is 4.98 Å².